The minimum absolute atomic E-state index is 0.285. The monoisotopic (exact) mass is 288 g/mol. The van der Waals surface area contributed by atoms with Crippen LogP contribution in [0.5, 0.6) is 0 Å². The van der Waals surface area contributed by atoms with Crippen LogP contribution in [0.4, 0.5) is 4.79 Å². The number of azide groups is 1. The molecule has 0 spiro atoms. The van der Waals surface area contributed by atoms with Crippen LogP contribution in [0.3, 0.4) is 0 Å². The lowest BCUT2D eigenvalue weighted by molar-refractivity contribution is 0.0206. The molecule has 1 aliphatic carbocycles. The van der Waals surface area contributed by atoms with Crippen molar-refractivity contribution in [3.63, 3.8) is 0 Å². The minimum atomic E-state index is -0.558. The zero-order valence-corrected chi connectivity index (χ0v) is 12.8. The number of likely N-dealkylation sites (N-methyl/N-ethyl adjacent to an activating group) is 1. The van der Waals surface area contributed by atoms with Gasteiger partial charge in [0.15, 0.2) is 0 Å². The van der Waals surface area contributed by atoms with E-state index in [2.05, 4.69) is 10.0 Å². The molecular weight excluding hydrogens is 268 g/mol. The molecule has 0 aliphatic heterocycles. The summed E-state index contributed by atoms with van der Waals surface area (Å²) in [4.78, 5) is 16.7. The van der Waals surface area contributed by atoms with Gasteiger partial charge in [-0.05, 0) is 43.9 Å². The molecule has 112 valence electrons. The molecule has 1 aliphatic rings. The highest BCUT2D eigenvalue weighted by Gasteiger charge is 2.37. The predicted molar refractivity (Wildman–Crippen MR) is 79.8 cm³/mol. The third kappa shape index (κ3) is 3.28. The number of carbonyl (C=O) groups excluding carboxylic acids is 1. The maximum absolute atomic E-state index is 12.3. The van der Waals surface area contributed by atoms with E-state index >= 15 is 0 Å². The number of hydrogen-bond donors (Lipinski definition) is 0. The van der Waals surface area contributed by atoms with Crippen molar-refractivity contribution < 1.29 is 9.53 Å². The summed E-state index contributed by atoms with van der Waals surface area (Å²) in [5, 5.41) is 3.85. The van der Waals surface area contributed by atoms with Gasteiger partial charge in [0.2, 0.25) is 0 Å². The van der Waals surface area contributed by atoms with Gasteiger partial charge in [-0.25, -0.2) is 4.79 Å². The molecule has 0 bridgehead atoms. The number of nitrogens with zero attached hydrogens (tertiary/aromatic N) is 4. The van der Waals surface area contributed by atoms with Crippen LogP contribution in [0.2, 0.25) is 0 Å². The van der Waals surface area contributed by atoms with Crippen LogP contribution in [0.1, 0.15) is 37.9 Å². The number of hydrogen-bond acceptors (Lipinski definition) is 3. The van der Waals surface area contributed by atoms with Gasteiger partial charge in [-0.1, -0.05) is 29.4 Å². The van der Waals surface area contributed by atoms with E-state index in [1.807, 2.05) is 45.0 Å². The molecule has 0 saturated heterocycles. The first-order valence-corrected chi connectivity index (χ1v) is 6.91. The van der Waals surface area contributed by atoms with E-state index in [4.69, 9.17) is 10.3 Å². The molecule has 1 amide bonds. The summed E-state index contributed by atoms with van der Waals surface area (Å²) >= 11 is 0. The zero-order valence-electron chi connectivity index (χ0n) is 12.8. The van der Waals surface area contributed by atoms with Crippen molar-refractivity contribution in [2.24, 2.45) is 5.11 Å². The number of rotatable bonds is 2. The smallest absolute Gasteiger partial charge is 0.410 e. The maximum Gasteiger partial charge on any atom is 0.410 e. The van der Waals surface area contributed by atoms with Gasteiger partial charge in [-0.2, -0.15) is 0 Å². The van der Waals surface area contributed by atoms with Crippen molar-refractivity contribution in [2.75, 3.05) is 7.05 Å². The number of carbonyl (C=O) groups is 1. The third-order valence-corrected chi connectivity index (χ3v) is 3.47. The summed E-state index contributed by atoms with van der Waals surface area (Å²) in [6, 6.07) is 7.25. The average Bonchev–Trinajstić information content (AvgIpc) is 2.74. The van der Waals surface area contributed by atoms with Gasteiger partial charge in [-0.3, -0.25) is 0 Å². The van der Waals surface area contributed by atoms with E-state index in [1.54, 1.807) is 7.05 Å². The molecule has 0 N–H and O–H groups in total. The van der Waals surface area contributed by atoms with Crippen LogP contribution < -0.4 is 0 Å². The van der Waals surface area contributed by atoms with Gasteiger partial charge in [0.1, 0.15) is 5.60 Å². The van der Waals surface area contributed by atoms with Crippen molar-refractivity contribution >= 4 is 6.09 Å². The Morgan fingerprint density at radius 1 is 1.43 bits per heavy atom. The van der Waals surface area contributed by atoms with Gasteiger partial charge in [-0.15, -0.1) is 0 Å². The van der Waals surface area contributed by atoms with Crippen LogP contribution >= 0.6 is 0 Å². The first kappa shape index (κ1) is 15.2. The van der Waals surface area contributed by atoms with Crippen molar-refractivity contribution in [1.82, 2.24) is 4.90 Å². The Bertz CT molecular complexity index is 588. The van der Waals surface area contributed by atoms with Crippen LogP contribution in [0.15, 0.2) is 29.4 Å². The molecule has 1 aromatic carbocycles. The Morgan fingerprint density at radius 3 is 2.71 bits per heavy atom. The molecule has 21 heavy (non-hydrogen) atoms. The van der Waals surface area contributed by atoms with E-state index in [0.717, 1.165) is 11.1 Å². The fourth-order valence-corrected chi connectivity index (χ4v) is 2.64. The van der Waals surface area contributed by atoms with E-state index in [-0.39, 0.29) is 12.1 Å². The molecule has 1 aromatic rings. The molecular formula is C15H20N4O2. The normalized spacial score (nSPS) is 20.4. The SMILES string of the molecule is CN(C(=O)OC(C)(C)C)C1c2ccccc2C[C@H]1N=[N+]=[N-]. The standard InChI is InChI=1S/C15H20N4O2/c1-15(2,3)21-14(20)19(4)13-11-8-6-5-7-10(11)9-12(13)17-18-16/h5-8,12-13H,9H2,1-4H3/t12-,13?/m1/s1. The molecule has 0 aromatic heterocycles. The Labute approximate surface area is 124 Å². The highest BCUT2D eigenvalue weighted by atomic mass is 16.6. The molecule has 0 radical (unpaired) electrons. The first-order chi connectivity index (χ1) is 9.83. The molecule has 2 rings (SSSR count). The molecule has 6 heteroatoms. The van der Waals surface area contributed by atoms with E-state index in [1.165, 1.54) is 4.90 Å². The van der Waals surface area contributed by atoms with Gasteiger partial charge < -0.3 is 9.64 Å². The largest absolute Gasteiger partial charge is 0.444 e. The first-order valence-electron chi connectivity index (χ1n) is 6.91. The molecule has 1 unspecified atom stereocenters. The Balaban J connectivity index is 2.30. The second-order valence-corrected chi connectivity index (χ2v) is 6.21. The summed E-state index contributed by atoms with van der Waals surface area (Å²) in [7, 11) is 1.68. The lowest BCUT2D eigenvalue weighted by Crippen LogP contribution is -2.39. The Morgan fingerprint density at radius 2 is 2.10 bits per heavy atom. The summed E-state index contributed by atoms with van der Waals surface area (Å²) in [5.74, 6) is 0. The minimum Gasteiger partial charge on any atom is -0.444 e. The summed E-state index contributed by atoms with van der Waals surface area (Å²) in [6.07, 6.45) is 0.222. The fourth-order valence-electron chi connectivity index (χ4n) is 2.64. The highest BCUT2D eigenvalue weighted by molar-refractivity contribution is 5.69. The number of fused-ring (bicyclic) bond motifs is 1. The predicted octanol–water partition coefficient (Wildman–Crippen LogP) is 3.83. The van der Waals surface area contributed by atoms with Gasteiger partial charge in [0.25, 0.3) is 0 Å². The fraction of sp³-hybridized carbons (Fsp3) is 0.533. The van der Waals surface area contributed by atoms with Gasteiger partial charge >= 0.3 is 6.09 Å². The topological polar surface area (TPSA) is 78.3 Å². The quantitative estimate of drug-likeness (QED) is 0.471. The zero-order chi connectivity index (χ0) is 15.6. The van der Waals surface area contributed by atoms with Crippen molar-refractivity contribution in [3.8, 4) is 0 Å². The van der Waals surface area contributed by atoms with Crippen molar-refractivity contribution in [3.05, 3.63) is 45.8 Å². The van der Waals surface area contributed by atoms with Crippen LogP contribution in [0, 0.1) is 0 Å². The lowest BCUT2D eigenvalue weighted by Gasteiger charge is -2.31. The second-order valence-electron chi connectivity index (χ2n) is 6.21. The summed E-state index contributed by atoms with van der Waals surface area (Å²) in [5.41, 5.74) is 10.3. The average molecular weight is 288 g/mol. The van der Waals surface area contributed by atoms with Crippen LogP contribution in [0.25, 0.3) is 10.4 Å². The lowest BCUT2D eigenvalue weighted by atomic mass is 10.1. The van der Waals surface area contributed by atoms with Crippen molar-refractivity contribution in [2.45, 2.75) is 44.9 Å². The van der Waals surface area contributed by atoms with E-state index in [0.29, 0.717) is 6.42 Å². The molecule has 2 atom stereocenters. The number of ether oxygens (including phenoxy) is 1. The van der Waals surface area contributed by atoms with Crippen LogP contribution in [-0.2, 0) is 11.2 Å². The van der Waals surface area contributed by atoms with Gasteiger partial charge in [0.05, 0.1) is 12.1 Å². The van der Waals surface area contributed by atoms with Crippen LogP contribution in [-0.4, -0.2) is 29.7 Å². The Kier molecular flexibility index (Phi) is 4.09. The molecule has 0 heterocycles. The highest BCUT2D eigenvalue weighted by Crippen LogP contribution is 2.37. The maximum atomic E-state index is 12.3. The third-order valence-electron chi connectivity index (χ3n) is 3.47. The van der Waals surface area contributed by atoms with Crippen molar-refractivity contribution in [1.29, 1.82) is 0 Å². The molecule has 6 nitrogen and oxygen atoms in total. The van der Waals surface area contributed by atoms with Gasteiger partial charge in [0, 0.05) is 12.0 Å². The number of amides is 1. The van der Waals surface area contributed by atoms with E-state index < -0.39 is 11.7 Å². The summed E-state index contributed by atoms with van der Waals surface area (Å²) in [6.45, 7) is 5.48. The molecule has 0 saturated carbocycles. The number of benzene rings is 1. The molecule has 0 fully saturated rings. The Hall–Kier alpha value is -2.20. The second kappa shape index (κ2) is 5.66. The van der Waals surface area contributed by atoms with E-state index in [9.17, 15) is 4.79 Å². The summed E-state index contributed by atoms with van der Waals surface area (Å²) < 4.78 is 5.41.